The smallest absolute Gasteiger partial charge is 0.335 e. The molecule has 0 saturated heterocycles. The normalized spacial score (nSPS) is 16.0. The number of aryl methyl sites for hydroxylation is 2. The maximum absolute atomic E-state index is 11.5. The Morgan fingerprint density at radius 2 is 1.92 bits per heavy atom. The third-order valence-corrected chi connectivity index (χ3v) is 10.2. The first-order chi connectivity index (χ1) is 18.9. The summed E-state index contributed by atoms with van der Waals surface area (Å²) in [6.07, 6.45) is 14.0. The number of hydrogen-bond acceptors (Lipinski definition) is 2. The number of carboxylic acids is 1. The van der Waals surface area contributed by atoms with Crippen molar-refractivity contribution in [3.8, 4) is 17.2 Å². The molecule has 1 heterocycles. The molecule has 0 bridgehead atoms. The van der Waals surface area contributed by atoms with Gasteiger partial charge in [0.25, 0.3) is 0 Å². The number of carboxylic acid groups (broad SMARTS) is 1. The Balaban J connectivity index is 1.77. The van der Waals surface area contributed by atoms with Crippen molar-refractivity contribution in [3.05, 3.63) is 91.8 Å². The van der Waals surface area contributed by atoms with Gasteiger partial charge in [0.15, 0.2) is 0 Å². The molecule has 0 spiro atoms. The van der Waals surface area contributed by atoms with Crippen LogP contribution in [-0.2, 0) is 6.42 Å². The zero-order chi connectivity index (χ0) is 27.5. The third kappa shape index (κ3) is 5.46. The molecular formula is C35H36NO2P. The highest BCUT2D eigenvalue weighted by Gasteiger charge is 2.27. The van der Waals surface area contributed by atoms with Gasteiger partial charge in [0, 0.05) is 11.6 Å². The molecule has 3 nitrogen and oxygen atoms in total. The molecule has 2 aliphatic rings. The number of nitriles is 1. The molecule has 2 aromatic carbocycles. The zero-order valence-corrected chi connectivity index (χ0v) is 24.1. The van der Waals surface area contributed by atoms with E-state index in [0.29, 0.717) is 12.3 Å². The van der Waals surface area contributed by atoms with Crippen molar-refractivity contribution in [2.24, 2.45) is 5.92 Å². The largest absolute Gasteiger partial charge is 0.478 e. The van der Waals surface area contributed by atoms with Crippen LogP contribution in [0.1, 0.15) is 89.0 Å². The molecular weight excluding hydrogens is 497 g/mol. The number of rotatable bonds is 7. The second-order valence-corrected chi connectivity index (χ2v) is 12.5. The van der Waals surface area contributed by atoms with Crippen LogP contribution in [0.15, 0.2) is 48.6 Å². The molecule has 2 aliphatic carbocycles. The van der Waals surface area contributed by atoms with Crippen LogP contribution in [0.3, 0.4) is 0 Å². The van der Waals surface area contributed by atoms with Crippen molar-refractivity contribution in [3.63, 3.8) is 0 Å². The van der Waals surface area contributed by atoms with Crippen LogP contribution >= 0.6 is 8.19 Å². The second kappa shape index (κ2) is 11.7. The lowest BCUT2D eigenvalue weighted by Crippen LogP contribution is -2.28. The van der Waals surface area contributed by atoms with E-state index in [1.807, 2.05) is 12.1 Å². The van der Waals surface area contributed by atoms with E-state index in [1.165, 1.54) is 53.2 Å². The van der Waals surface area contributed by atoms with E-state index < -0.39 is 5.97 Å². The van der Waals surface area contributed by atoms with Gasteiger partial charge in [-0.1, -0.05) is 44.0 Å². The average molecular weight is 534 g/mol. The van der Waals surface area contributed by atoms with Crippen LogP contribution < -0.4 is 10.4 Å². The molecule has 0 aliphatic heterocycles. The highest BCUT2D eigenvalue weighted by atomic mass is 31.0. The molecule has 198 valence electrons. The summed E-state index contributed by atoms with van der Waals surface area (Å²) in [6, 6.07) is 14.2. The van der Waals surface area contributed by atoms with E-state index in [2.05, 4.69) is 62.9 Å². The van der Waals surface area contributed by atoms with E-state index in [9.17, 15) is 15.2 Å². The molecule has 1 aromatic heterocycles. The van der Waals surface area contributed by atoms with Gasteiger partial charge in [0.2, 0.25) is 0 Å². The Kier molecular flexibility index (Phi) is 8.09. The van der Waals surface area contributed by atoms with Gasteiger partial charge in [-0.15, -0.1) is 13.9 Å². The van der Waals surface area contributed by atoms with Gasteiger partial charge in [-0.2, -0.15) is 5.26 Å². The second-order valence-electron chi connectivity index (χ2n) is 10.9. The molecule has 39 heavy (non-hydrogen) atoms. The Labute approximate surface area is 233 Å². The molecule has 4 heteroatoms. The summed E-state index contributed by atoms with van der Waals surface area (Å²) in [5, 5.41) is 24.4. The number of hydrogen-bond donors (Lipinski definition) is 1. The lowest BCUT2D eigenvalue weighted by molar-refractivity contribution is 0.0697. The first-order valence-corrected chi connectivity index (χ1v) is 15.1. The van der Waals surface area contributed by atoms with Gasteiger partial charge in [-0.3, -0.25) is 0 Å². The summed E-state index contributed by atoms with van der Waals surface area (Å²) in [5.41, 5.74) is 11.2. The fraction of sp³-hybridized carbons (Fsp3) is 0.343. The van der Waals surface area contributed by atoms with E-state index in [4.69, 9.17) is 0 Å². The summed E-state index contributed by atoms with van der Waals surface area (Å²) in [4.78, 5) is 11.5. The summed E-state index contributed by atoms with van der Waals surface area (Å²) in [6.45, 7) is 6.78. The van der Waals surface area contributed by atoms with Gasteiger partial charge >= 0.3 is 5.97 Å². The monoisotopic (exact) mass is 533 g/mol. The van der Waals surface area contributed by atoms with Crippen molar-refractivity contribution >= 4 is 31.5 Å². The van der Waals surface area contributed by atoms with Gasteiger partial charge in [0.1, 0.15) is 0 Å². The minimum absolute atomic E-state index is 0.192. The predicted molar refractivity (Wildman–Crippen MR) is 163 cm³/mol. The molecule has 2 unspecified atom stereocenters. The van der Waals surface area contributed by atoms with Crippen LogP contribution in [0.5, 0.6) is 0 Å². The predicted octanol–water partition coefficient (Wildman–Crippen LogP) is 7.65. The minimum Gasteiger partial charge on any atom is -0.478 e. The highest BCUT2D eigenvalue weighted by Crippen LogP contribution is 2.40. The molecule has 1 N–H and O–H groups in total. The number of nitrogens with zero attached hydrogens (tertiary/aromatic N) is 1. The first kappa shape index (κ1) is 27.0. The third-order valence-electron chi connectivity index (χ3n) is 8.54. The van der Waals surface area contributed by atoms with Gasteiger partial charge in [0.05, 0.1) is 11.6 Å². The summed E-state index contributed by atoms with van der Waals surface area (Å²) < 4.78 is 0. The molecule has 1 saturated carbocycles. The number of allylic oxidation sites excluding steroid dienone is 3. The molecule has 2 atom stereocenters. The van der Waals surface area contributed by atoms with Crippen molar-refractivity contribution in [2.45, 2.75) is 71.6 Å². The maximum atomic E-state index is 11.5. The number of carbonyl (C=O) groups is 1. The molecule has 5 rings (SSSR count). The van der Waals surface area contributed by atoms with Crippen molar-refractivity contribution in [1.29, 1.82) is 5.26 Å². The molecule has 3 aromatic rings. The van der Waals surface area contributed by atoms with Gasteiger partial charge in [-0.25, -0.2) is 4.79 Å². The summed E-state index contributed by atoms with van der Waals surface area (Å²) >= 11 is 0. The number of benzene rings is 2. The van der Waals surface area contributed by atoms with Crippen molar-refractivity contribution in [1.82, 2.24) is 0 Å². The molecule has 0 amide bonds. The lowest BCUT2D eigenvalue weighted by atomic mass is 9.81. The summed E-state index contributed by atoms with van der Waals surface area (Å²) in [5.74, 6) is -0.213. The fourth-order valence-electron chi connectivity index (χ4n) is 6.56. The van der Waals surface area contributed by atoms with Crippen LogP contribution in [0, 0.1) is 31.1 Å². The van der Waals surface area contributed by atoms with Crippen molar-refractivity contribution < 1.29 is 9.90 Å². The van der Waals surface area contributed by atoms with Crippen LogP contribution in [0.2, 0.25) is 0 Å². The Bertz CT molecular complexity index is 1640. The number of fused-ring (bicyclic) bond motifs is 1. The van der Waals surface area contributed by atoms with Crippen LogP contribution in [0.25, 0.3) is 28.5 Å². The average Bonchev–Trinajstić information content (AvgIpc) is 3.55. The lowest BCUT2D eigenvalue weighted by Gasteiger charge is -2.22. The van der Waals surface area contributed by atoms with Gasteiger partial charge in [-0.05, 0) is 131 Å². The Morgan fingerprint density at radius 1 is 1.18 bits per heavy atom. The Hall–Kier alpha value is -3.56. The van der Waals surface area contributed by atoms with E-state index in [-0.39, 0.29) is 11.5 Å². The number of aromatic carboxylic acids is 1. The highest BCUT2D eigenvalue weighted by molar-refractivity contribution is 7.32. The molecule has 1 fully saturated rings. The zero-order valence-electron chi connectivity index (χ0n) is 23.1. The summed E-state index contributed by atoms with van der Waals surface area (Å²) in [7, 11) is 0.764. The van der Waals surface area contributed by atoms with Crippen LogP contribution in [0.4, 0.5) is 0 Å². The SMILES string of the molecule is CCc1[pH]c(C)c(C2=CCC=C=c3c(-c4ccc(C(=O)O)cc4)cc(C(CC#N)C4CCCC4)cc3=C2)c1C. The van der Waals surface area contributed by atoms with E-state index >= 15 is 0 Å². The first-order valence-electron chi connectivity index (χ1n) is 14.1. The maximum Gasteiger partial charge on any atom is 0.335 e. The minimum atomic E-state index is -0.925. The molecule has 0 radical (unpaired) electrons. The van der Waals surface area contributed by atoms with E-state index in [0.717, 1.165) is 42.6 Å². The standard InChI is InChI=1S/C35H36NO2P/c1-4-33-22(2)34(23(3)39-33)27-11-7-8-12-31-28(19-27)20-29(30(17-18-36)24-9-5-6-10-24)21-32(31)25-13-15-26(16-14-25)35(37)38/h8,11,13-16,19-21,24,30,39H,4-7,9-10,17H2,1-3H3,(H,37,38). The topological polar surface area (TPSA) is 61.1 Å². The van der Waals surface area contributed by atoms with E-state index in [1.54, 1.807) is 17.4 Å². The van der Waals surface area contributed by atoms with Gasteiger partial charge < -0.3 is 5.11 Å². The quantitative estimate of drug-likeness (QED) is 0.339. The Morgan fingerprint density at radius 3 is 2.56 bits per heavy atom. The van der Waals surface area contributed by atoms with Crippen LogP contribution in [-0.4, -0.2) is 11.1 Å². The van der Waals surface area contributed by atoms with Crippen molar-refractivity contribution in [2.75, 3.05) is 0 Å². The fourth-order valence-corrected chi connectivity index (χ4v) is 7.96.